The third kappa shape index (κ3) is 4.58. The fourth-order valence-corrected chi connectivity index (χ4v) is 4.04. The van der Waals surface area contributed by atoms with Gasteiger partial charge in [0.15, 0.2) is 0 Å². The largest absolute Gasteiger partial charge is 0.368 e. The maximum Gasteiger partial charge on any atom is 0.270 e. The maximum absolute atomic E-state index is 12.7. The molecule has 3 heterocycles. The van der Waals surface area contributed by atoms with E-state index in [4.69, 9.17) is 0 Å². The Bertz CT molecular complexity index is 767. The molecule has 0 spiro atoms. The summed E-state index contributed by atoms with van der Waals surface area (Å²) in [5, 5.41) is 3.19. The average molecular weight is 380 g/mol. The molecule has 7 nitrogen and oxygen atoms in total. The summed E-state index contributed by atoms with van der Waals surface area (Å²) in [5.74, 6) is 0.727. The molecule has 148 valence electrons. The molecule has 2 aromatic rings. The summed E-state index contributed by atoms with van der Waals surface area (Å²) in [7, 11) is 0. The SMILES string of the molecule is O=C(NC1CCCCCC1)c1cc(N2CCN(c3ncccn3)CC2)ccn1. The van der Waals surface area contributed by atoms with Crippen molar-refractivity contribution in [1.29, 1.82) is 0 Å². The number of nitrogens with zero attached hydrogens (tertiary/aromatic N) is 5. The van der Waals surface area contributed by atoms with E-state index in [1.165, 1.54) is 25.7 Å². The van der Waals surface area contributed by atoms with Gasteiger partial charge in [0, 0.05) is 56.5 Å². The number of nitrogens with one attached hydrogen (secondary N) is 1. The van der Waals surface area contributed by atoms with Crippen molar-refractivity contribution in [2.45, 2.75) is 44.6 Å². The molecule has 0 atom stereocenters. The molecule has 1 amide bonds. The van der Waals surface area contributed by atoms with Gasteiger partial charge in [0.05, 0.1) is 0 Å². The summed E-state index contributed by atoms with van der Waals surface area (Å²) in [6, 6.07) is 6.02. The predicted octanol–water partition coefficient (Wildman–Crippen LogP) is 2.65. The summed E-state index contributed by atoms with van der Waals surface area (Å²) in [6.45, 7) is 3.45. The van der Waals surface area contributed by atoms with Crippen molar-refractivity contribution in [3.05, 3.63) is 42.5 Å². The minimum atomic E-state index is -0.0509. The number of hydrogen-bond donors (Lipinski definition) is 1. The zero-order chi connectivity index (χ0) is 19.2. The van der Waals surface area contributed by atoms with E-state index < -0.39 is 0 Å². The number of rotatable bonds is 4. The smallest absolute Gasteiger partial charge is 0.270 e. The van der Waals surface area contributed by atoms with Crippen molar-refractivity contribution < 1.29 is 4.79 Å². The minimum Gasteiger partial charge on any atom is -0.368 e. The highest BCUT2D eigenvalue weighted by Gasteiger charge is 2.21. The van der Waals surface area contributed by atoms with Crippen molar-refractivity contribution in [2.24, 2.45) is 0 Å². The number of carbonyl (C=O) groups is 1. The molecule has 0 aromatic carbocycles. The molecule has 1 N–H and O–H groups in total. The number of aromatic nitrogens is 3. The monoisotopic (exact) mass is 380 g/mol. The molecule has 0 unspecified atom stereocenters. The van der Waals surface area contributed by atoms with Gasteiger partial charge in [-0.25, -0.2) is 9.97 Å². The second-order valence-electron chi connectivity index (χ2n) is 7.58. The van der Waals surface area contributed by atoms with Gasteiger partial charge >= 0.3 is 0 Å². The van der Waals surface area contributed by atoms with Crippen LogP contribution in [0, 0.1) is 0 Å². The quantitative estimate of drug-likeness (QED) is 0.822. The molecule has 7 heteroatoms. The van der Waals surface area contributed by atoms with Crippen molar-refractivity contribution in [1.82, 2.24) is 20.3 Å². The van der Waals surface area contributed by atoms with Crippen LogP contribution in [0.25, 0.3) is 0 Å². The van der Waals surface area contributed by atoms with E-state index in [0.29, 0.717) is 5.69 Å². The highest BCUT2D eigenvalue weighted by Crippen LogP contribution is 2.20. The van der Waals surface area contributed by atoms with Gasteiger partial charge in [0.25, 0.3) is 5.91 Å². The lowest BCUT2D eigenvalue weighted by Crippen LogP contribution is -2.47. The maximum atomic E-state index is 12.7. The van der Waals surface area contributed by atoms with Gasteiger partial charge in [-0.05, 0) is 31.0 Å². The third-order valence-electron chi connectivity index (χ3n) is 5.65. The Morgan fingerprint density at radius 2 is 1.57 bits per heavy atom. The van der Waals surface area contributed by atoms with Crippen LogP contribution in [-0.2, 0) is 0 Å². The number of amides is 1. The Morgan fingerprint density at radius 1 is 0.893 bits per heavy atom. The zero-order valence-electron chi connectivity index (χ0n) is 16.3. The van der Waals surface area contributed by atoms with Crippen molar-refractivity contribution in [2.75, 3.05) is 36.0 Å². The molecule has 4 rings (SSSR count). The molecular weight excluding hydrogens is 352 g/mol. The van der Waals surface area contributed by atoms with E-state index in [9.17, 15) is 4.79 Å². The van der Waals surface area contributed by atoms with E-state index in [0.717, 1.165) is 50.7 Å². The Balaban J connectivity index is 1.36. The van der Waals surface area contributed by atoms with Crippen molar-refractivity contribution in [3.8, 4) is 0 Å². The topological polar surface area (TPSA) is 74.2 Å². The van der Waals surface area contributed by atoms with E-state index in [-0.39, 0.29) is 11.9 Å². The molecule has 0 bridgehead atoms. The normalized spacial score (nSPS) is 18.6. The lowest BCUT2D eigenvalue weighted by atomic mass is 10.1. The molecule has 2 fully saturated rings. The molecule has 1 saturated heterocycles. The summed E-state index contributed by atoms with van der Waals surface area (Å²) >= 11 is 0. The molecule has 2 aliphatic rings. The Kier molecular flexibility index (Phi) is 5.99. The Hall–Kier alpha value is -2.70. The highest BCUT2D eigenvalue weighted by atomic mass is 16.1. The van der Waals surface area contributed by atoms with Gasteiger partial charge in [0.2, 0.25) is 5.95 Å². The number of piperazine rings is 1. The fourth-order valence-electron chi connectivity index (χ4n) is 4.04. The van der Waals surface area contributed by atoms with Crippen LogP contribution in [-0.4, -0.2) is 53.1 Å². The van der Waals surface area contributed by atoms with Gasteiger partial charge in [0.1, 0.15) is 5.69 Å². The molecular formula is C21H28N6O. The molecule has 1 aliphatic heterocycles. The van der Waals surface area contributed by atoms with E-state index in [1.54, 1.807) is 18.6 Å². The van der Waals surface area contributed by atoms with E-state index in [1.807, 2.05) is 18.2 Å². The first kappa shape index (κ1) is 18.7. The fraction of sp³-hybridized carbons (Fsp3) is 0.524. The number of carbonyl (C=O) groups excluding carboxylic acids is 1. The van der Waals surface area contributed by atoms with Crippen LogP contribution >= 0.6 is 0 Å². The van der Waals surface area contributed by atoms with E-state index >= 15 is 0 Å². The highest BCUT2D eigenvalue weighted by molar-refractivity contribution is 5.93. The number of pyridine rings is 1. The Labute approximate surface area is 166 Å². The second kappa shape index (κ2) is 8.99. The molecule has 2 aromatic heterocycles. The first-order valence-corrected chi connectivity index (χ1v) is 10.3. The van der Waals surface area contributed by atoms with Gasteiger partial charge in [-0.15, -0.1) is 0 Å². The second-order valence-corrected chi connectivity index (χ2v) is 7.58. The van der Waals surface area contributed by atoms with Gasteiger partial charge in [-0.1, -0.05) is 25.7 Å². The van der Waals surface area contributed by atoms with E-state index in [2.05, 4.69) is 30.1 Å². The molecule has 1 aliphatic carbocycles. The first-order valence-electron chi connectivity index (χ1n) is 10.3. The van der Waals surface area contributed by atoms with Crippen LogP contribution in [0.3, 0.4) is 0 Å². The Morgan fingerprint density at radius 3 is 2.29 bits per heavy atom. The molecule has 1 saturated carbocycles. The summed E-state index contributed by atoms with van der Waals surface area (Å²) < 4.78 is 0. The molecule has 0 radical (unpaired) electrons. The summed E-state index contributed by atoms with van der Waals surface area (Å²) in [4.78, 5) is 30.1. The lowest BCUT2D eigenvalue weighted by Gasteiger charge is -2.36. The zero-order valence-corrected chi connectivity index (χ0v) is 16.3. The van der Waals surface area contributed by atoms with Crippen LogP contribution in [0.1, 0.15) is 49.0 Å². The summed E-state index contributed by atoms with van der Waals surface area (Å²) in [5.41, 5.74) is 1.56. The standard InChI is InChI=1S/C21H28N6O/c28-20(25-17-6-3-1-2-4-7-17)19-16-18(8-11-22-19)26-12-14-27(15-13-26)21-23-9-5-10-24-21/h5,8-11,16-17H,1-4,6-7,12-15H2,(H,25,28). The first-order chi connectivity index (χ1) is 13.8. The number of anilines is 2. The van der Waals surface area contributed by atoms with Crippen molar-refractivity contribution in [3.63, 3.8) is 0 Å². The average Bonchev–Trinajstić information content (AvgIpc) is 3.03. The van der Waals surface area contributed by atoms with Crippen LogP contribution < -0.4 is 15.1 Å². The lowest BCUT2D eigenvalue weighted by molar-refractivity contribution is 0.0928. The van der Waals surface area contributed by atoms with Crippen LogP contribution in [0.5, 0.6) is 0 Å². The predicted molar refractivity (Wildman–Crippen MR) is 110 cm³/mol. The minimum absolute atomic E-state index is 0.0509. The van der Waals surface area contributed by atoms with Crippen LogP contribution in [0.4, 0.5) is 11.6 Å². The van der Waals surface area contributed by atoms with Crippen molar-refractivity contribution >= 4 is 17.5 Å². The van der Waals surface area contributed by atoms with Crippen LogP contribution in [0.2, 0.25) is 0 Å². The third-order valence-corrected chi connectivity index (χ3v) is 5.65. The number of hydrogen-bond acceptors (Lipinski definition) is 6. The summed E-state index contributed by atoms with van der Waals surface area (Å²) in [6.07, 6.45) is 12.4. The van der Waals surface area contributed by atoms with Gasteiger partial charge in [-0.3, -0.25) is 9.78 Å². The van der Waals surface area contributed by atoms with Gasteiger partial charge < -0.3 is 15.1 Å². The van der Waals surface area contributed by atoms with Crippen LogP contribution in [0.15, 0.2) is 36.8 Å². The van der Waals surface area contributed by atoms with Gasteiger partial charge in [-0.2, -0.15) is 0 Å². The molecule has 28 heavy (non-hydrogen) atoms.